The second kappa shape index (κ2) is 9.14. The highest BCUT2D eigenvalue weighted by molar-refractivity contribution is 6.00. The van der Waals surface area contributed by atoms with Gasteiger partial charge in [-0.2, -0.15) is 0 Å². The summed E-state index contributed by atoms with van der Waals surface area (Å²) in [6.45, 7) is 3.55. The quantitative estimate of drug-likeness (QED) is 0.466. The first-order chi connectivity index (χ1) is 13.9. The molecule has 1 N–H and O–H groups in total. The Labute approximate surface area is 168 Å². The van der Waals surface area contributed by atoms with Crippen molar-refractivity contribution in [2.45, 2.75) is 32.8 Å². The van der Waals surface area contributed by atoms with Gasteiger partial charge in [-0.25, -0.2) is 0 Å². The lowest BCUT2D eigenvalue weighted by molar-refractivity contribution is -0.145. The minimum absolute atomic E-state index is 0.0727. The summed E-state index contributed by atoms with van der Waals surface area (Å²) in [5.41, 5.74) is 2.53. The molecule has 0 aliphatic rings. The van der Waals surface area contributed by atoms with Gasteiger partial charge in [-0.3, -0.25) is 14.4 Å². The van der Waals surface area contributed by atoms with E-state index in [1.807, 2.05) is 30.3 Å². The number of ketones is 1. The number of esters is 1. The Morgan fingerprint density at radius 2 is 1.83 bits per heavy atom. The van der Waals surface area contributed by atoms with E-state index in [1.54, 1.807) is 25.1 Å². The predicted octanol–water partition coefficient (Wildman–Crippen LogP) is 2.86. The van der Waals surface area contributed by atoms with Gasteiger partial charge in [-0.15, -0.1) is 0 Å². The van der Waals surface area contributed by atoms with Crippen LogP contribution >= 0.6 is 0 Å². The monoisotopic (exact) mass is 394 g/mol. The second-order valence-electron chi connectivity index (χ2n) is 6.73. The molecule has 2 aromatic carbocycles. The number of amides is 1. The number of fused-ring (bicyclic) bond motifs is 1. The molecule has 0 bridgehead atoms. The van der Waals surface area contributed by atoms with E-state index >= 15 is 0 Å². The maximum atomic E-state index is 12.5. The molecule has 7 heteroatoms. The summed E-state index contributed by atoms with van der Waals surface area (Å²) in [6, 6.07) is 14.3. The summed E-state index contributed by atoms with van der Waals surface area (Å²) in [6.07, 6.45) is -0.313. The molecule has 1 heterocycles. The standard InChI is InChI=1S/C22H22N2O5/c1-14(22(27)17-9-7-16(8-10-17)11-12-23-15(2)25)28-21(26)13-19-18-5-3-4-6-20(18)29-24-19/h3-10,14H,11-13H2,1-2H3,(H,23,25)/t14-/m0/s1. The van der Waals surface area contributed by atoms with Gasteiger partial charge in [0.2, 0.25) is 11.7 Å². The first-order valence-corrected chi connectivity index (χ1v) is 9.34. The summed E-state index contributed by atoms with van der Waals surface area (Å²) >= 11 is 0. The number of rotatable bonds is 8. The number of hydrogen-bond acceptors (Lipinski definition) is 6. The minimum atomic E-state index is -0.911. The first-order valence-electron chi connectivity index (χ1n) is 9.34. The lowest BCUT2D eigenvalue weighted by Gasteiger charge is -2.12. The fraction of sp³-hybridized carbons (Fsp3) is 0.273. The van der Waals surface area contributed by atoms with Crippen LogP contribution in [0.3, 0.4) is 0 Å². The average molecular weight is 394 g/mol. The van der Waals surface area contributed by atoms with Gasteiger partial charge in [0.05, 0.1) is 6.42 Å². The van der Waals surface area contributed by atoms with Gasteiger partial charge in [0, 0.05) is 24.4 Å². The highest BCUT2D eigenvalue weighted by Gasteiger charge is 2.21. The van der Waals surface area contributed by atoms with Crippen molar-refractivity contribution in [2.24, 2.45) is 0 Å². The molecule has 0 saturated heterocycles. The number of Topliss-reactive ketones (excluding diaryl/α,β-unsaturated/α-hetero) is 1. The molecule has 3 rings (SSSR count). The lowest BCUT2D eigenvalue weighted by atomic mass is 10.0. The summed E-state index contributed by atoms with van der Waals surface area (Å²) < 4.78 is 10.5. The van der Waals surface area contributed by atoms with E-state index in [0.717, 1.165) is 10.9 Å². The van der Waals surface area contributed by atoms with Crippen molar-refractivity contribution in [3.8, 4) is 0 Å². The Balaban J connectivity index is 1.55. The average Bonchev–Trinajstić information content (AvgIpc) is 3.10. The van der Waals surface area contributed by atoms with Crippen molar-refractivity contribution in [1.82, 2.24) is 10.5 Å². The van der Waals surface area contributed by atoms with Crippen LogP contribution in [0.25, 0.3) is 11.0 Å². The van der Waals surface area contributed by atoms with Crippen LogP contribution in [0.5, 0.6) is 0 Å². The number of hydrogen-bond donors (Lipinski definition) is 1. The van der Waals surface area contributed by atoms with Crippen molar-refractivity contribution in [2.75, 3.05) is 6.54 Å². The molecule has 1 atom stereocenters. The lowest BCUT2D eigenvalue weighted by Crippen LogP contribution is -2.25. The van der Waals surface area contributed by atoms with Crippen LogP contribution in [0.15, 0.2) is 53.1 Å². The molecule has 3 aromatic rings. The van der Waals surface area contributed by atoms with E-state index in [4.69, 9.17) is 9.26 Å². The van der Waals surface area contributed by atoms with Crippen LogP contribution < -0.4 is 5.32 Å². The zero-order chi connectivity index (χ0) is 20.8. The number of nitrogens with one attached hydrogen (secondary N) is 1. The number of benzene rings is 2. The maximum Gasteiger partial charge on any atom is 0.312 e. The number of ether oxygens (including phenoxy) is 1. The van der Waals surface area contributed by atoms with Crippen molar-refractivity contribution in [3.63, 3.8) is 0 Å². The Hall–Kier alpha value is -3.48. The molecule has 0 aliphatic heterocycles. The van der Waals surface area contributed by atoms with E-state index < -0.39 is 12.1 Å². The van der Waals surface area contributed by atoms with Crippen molar-refractivity contribution in [1.29, 1.82) is 0 Å². The van der Waals surface area contributed by atoms with Gasteiger partial charge in [-0.1, -0.05) is 41.6 Å². The number of aromatic nitrogens is 1. The highest BCUT2D eigenvalue weighted by Crippen LogP contribution is 2.19. The van der Waals surface area contributed by atoms with E-state index in [2.05, 4.69) is 10.5 Å². The number of carbonyl (C=O) groups excluding carboxylic acids is 3. The van der Waals surface area contributed by atoms with Crippen LogP contribution in [0.2, 0.25) is 0 Å². The Bertz CT molecular complexity index is 1020. The molecule has 29 heavy (non-hydrogen) atoms. The normalized spacial score (nSPS) is 11.8. The third-order valence-electron chi connectivity index (χ3n) is 4.47. The molecule has 7 nitrogen and oxygen atoms in total. The molecular weight excluding hydrogens is 372 g/mol. The second-order valence-corrected chi connectivity index (χ2v) is 6.73. The van der Waals surface area contributed by atoms with Gasteiger partial charge < -0.3 is 14.6 Å². The number of para-hydroxylation sites is 1. The molecule has 0 unspecified atom stereocenters. The Morgan fingerprint density at radius 1 is 1.10 bits per heavy atom. The van der Waals surface area contributed by atoms with E-state index in [0.29, 0.717) is 29.8 Å². The van der Waals surface area contributed by atoms with Crippen LogP contribution in [0.4, 0.5) is 0 Å². The summed E-state index contributed by atoms with van der Waals surface area (Å²) in [4.78, 5) is 35.7. The molecule has 0 fully saturated rings. The van der Waals surface area contributed by atoms with Crippen molar-refractivity contribution >= 4 is 28.6 Å². The zero-order valence-electron chi connectivity index (χ0n) is 16.3. The molecule has 0 radical (unpaired) electrons. The van der Waals surface area contributed by atoms with Gasteiger partial charge in [0.15, 0.2) is 11.7 Å². The first kappa shape index (κ1) is 20.3. The van der Waals surface area contributed by atoms with Gasteiger partial charge in [0.1, 0.15) is 5.69 Å². The molecule has 0 saturated carbocycles. The third-order valence-corrected chi connectivity index (χ3v) is 4.47. The summed E-state index contributed by atoms with van der Waals surface area (Å²) in [5.74, 6) is -0.903. The summed E-state index contributed by atoms with van der Waals surface area (Å²) in [7, 11) is 0. The predicted molar refractivity (Wildman–Crippen MR) is 106 cm³/mol. The fourth-order valence-electron chi connectivity index (χ4n) is 2.95. The zero-order valence-corrected chi connectivity index (χ0v) is 16.3. The molecule has 1 aromatic heterocycles. The smallest absolute Gasteiger partial charge is 0.312 e. The van der Waals surface area contributed by atoms with Crippen LogP contribution in [-0.4, -0.2) is 35.5 Å². The maximum absolute atomic E-state index is 12.5. The number of carbonyl (C=O) groups is 3. The van der Waals surface area contributed by atoms with Crippen LogP contribution in [-0.2, 0) is 27.2 Å². The molecule has 150 valence electrons. The largest absolute Gasteiger partial charge is 0.454 e. The SMILES string of the molecule is CC(=O)NCCc1ccc(C(=O)[C@H](C)OC(=O)Cc2noc3ccccc23)cc1. The minimum Gasteiger partial charge on any atom is -0.454 e. The van der Waals surface area contributed by atoms with Crippen LogP contribution in [0.1, 0.15) is 35.5 Å². The Kier molecular flexibility index (Phi) is 6.39. The topological polar surface area (TPSA) is 98.5 Å². The van der Waals surface area contributed by atoms with E-state index in [9.17, 15) is 14.4 Å². The van der Waals surface area contributed by atoms with Gasteiger partial charge in [-0.05, 0) is 31.0 Å². The van der Waals surface area contributed by atoms with Crippen molar-refractivity contribution < 1.29 is 23.6 Å². The van der Waals surface area contributed by atoms with E-state index in [1.165, 1.54) is 6.92 Å². The van der Waals surface area contributed by atoms with Crippen LogP contribution in [0, 0.1) is 0 Å². The van der Waals surface area contributed by atoms with Gasteiger partial charge in [0.25, 0.3) is 0 Å². The number of nitrogens with zero attached hydrogens (tertiary/aromatic N) is 1. The van der Waals surface area contributed by atoms with Crippen molar-refractivity contribution in [3.05, 3.63) is 65.4 Å². The molecule has 0 aliphatic carbocycles. The molecule has 1 amide bonds. The highest BCUT2D eigenvalue weighted by atomic mass is 16.5. The Morgan fingerprint density at radius 3 is 2.55 bits per heavy atom. The van der Waals surface area contributed by atoms with Gasteiger partial charge >= 0.3 is 5.97 Å². The summed E-state index contributed by atoms with van der Waals surface area (Å²) in [5, 5.41) is 7.38. The molecule has 0 spiro atoms. The fourth-order valence-corrected chi connectivity index (χ4v) is 2.95. The van der Waals surface area contributed by atoms with E-state index in [-0.39, 0.29) is 18.1 Å². The third kappa shape index (κ3) is 5.28. The molecular formula is C22H22N2O5.